The summed E-state index contributed by atoms with van der Waals surface area (Å²) in [5, 5.41) is 6.08. The van der Waals surface area contributed by atoms with Gasteiger partial charge in [0.2, 0.25) is 0 Å². The Kier molecular flexibility index (Phi) is 7.36. The van der Waals surface area contributed by atoms with Crippen LogP contribution in [0.2, 0.25) is 5.02 Å². The van der Waals surface area contributed by atoms with Gasteiger partial charge in [-0.3, -0.25) is 9.59 Å². The Hall–Kier alpha value is -2.02. The van der Waals surface area contributed by atoms with E-state index in [4.69, 9.17) is 16.3 Å². The van der Waals surface area contributed by atoms with Gasteiger partial charge in [-0.1, -0.05) is 41.9 Å². The van der Waals surface area contributed by atoms with Crippen molar-refractivity contribution < 1.29 is 14.3 Å². The molecule has 5 nitrogen and oxygen atoms in total. The minimum Gasteiger partial charge on any atom is -0.381 e. The summed E-state index contributed by atoms with van der Waals surface area (Å²) in [6.45, 7) is 2.00. The van der Waals surface area contributed by atoms with E-state index < -0.39 is 11.8 Å². The molecule has 0 aliphatic carbocycles. The number of carbonyl (C=O) groups is 2. The number of ether oxygens (including phenoxy) is 1. The van der Waals surface area contributed by atoms with E-state index in [1.54, 1.807) is 23.9 Å². The number of carbonyl (C=O) groups excluding carboxylic acids is 2. The Morgan fingerprint density at radius 2 is 1.61 bits per heavy atom. The molecule has 2 aromatic rings. The molecular weight excluding hydrogens is 396 g/mol. The molecule has 0 radical (unpaired) electrons. The summed E-state index contributed by atoms with van der Waals surface area (Å²) >= 11 is 7.59. The number of hydrogen-bond donors (Lipinski definition) is 2. The van der Waals surface area contributed by atoms with Crippen molar-refractivity contribution >= 4 is 35.2 Å². The van der Waals surface area contributed by atoms with E-state index in [2.05, 4.69) is 22.8 Å². The van der Waals surface area contributed by atoms with Gasteiger partial charge in [-0.2, -0.15) is 0 Å². The fourth-order valence-electron chi connectivity index (χ4n) is 2.98. The summed E-state index contributed by atoms with van der Waals surface area (Å²) in [7, 11) is 0. The molecule has 1 heterocycles. The molecular formula is C21H23ClN2O3S. The highest BCUT2D eigenvalue weighted by Crippen LogP contribution is 2.40. The highest BCUT2D eigenvalue weighted by Gasteiger charge is 2.34. The normalized spacial score (nSPS) is 15.6. The Morgan fingerprint density at radius 1 is 0.964 bits per heavy atom. The van der Waals surface area contributed by atoms with Crippen LogP contribution in [-0.2, 0) is 20.9 Å². The van der Waals surface area contributed by atoms with Crippen molar-refractivity contribution in [2.24, 2.45) is 0 Å². The Morgan fingerprint density at radius 3 is 2.29 bits per heavy atom. The van der Waals surface area contributed by atoms with E-state index in [9.17, 15) is 9.59 Å². The molecule has 148 valence electrons. The smallest absolute Gasteiger partial charge is 0.309 e. The van der Waals surface area contributed by atoms with Gasteiger partial charge >= 0.3 is 11.8 Å². The molecule has 28 heavy (non-hydrogen) atoms. The van der Waals surface area contributed by atoms with Crippen LogP contribution in [0.25, 0.3) is 0 Å². The van der Waals surface area contributed by atoms with Gasteiger partial charge in [0.15, 0.2) is 0 Å². The summed E-state index contributed by atoms with van der Waals surface area (Å²) in [5.41, 5.74) is 0.881. The summed E-state index contributed by atoms with van der Waals surface area (Å²) < 4.78 is 5.32. The Bertz CT molecular complexity index is 793. The molecule has 0 saturated carbocycles. The van der Waals surface area contributed by atoms with Crippen molar-refractivity contribution in [2.75, 3.05) is 19.8 Å². The molecule has 1 fully saturated rings. The van der Waals surface area contributed by atoms with Gasteiger partial charge in [-0.25, -0.2) is 0 Å². The third kappa shape index (κ3) is 5.99. The maximum absolute atomic E-state index is 12.3. The second-order valence-corrected chi connectivity index (χ2v) is 8.68. The van der Waals surface area contributed by atoms with Gasteiger partial charge in [0.05, 0.1) is 0 Å². The van der Waals surface area contributed by atoms with Crippen LogP contribution in [0.5, 0.6) is 0 Å². The van der Waals surface area contributed by atoms with Crippen LogP contribution in [0, 0.1) is 0 Å². The zero-order valence-corrected chi connectivity index (χ0v) is 17.0. The van der Waals surface area contributed by atoms with E-state index in [1.165, 1.54) is 0 Å². The van der Waals surface area contributed by atoms with Crippen LogP contribution in [0.3, 0.4) is 0 Å². The van der Waals surface area contributed by atoms with E-state index in [-0.39, 0.29) is 11.3 Å². The van der Waals surface area contributed by atoms with Crippen molar-refractivity contribution in [1.29, 1.82) is 0 Å². The van der Waals surface area contributed by atoms with E-state index in [1.807, 2.05) is 30.3 Å². The fourth-order valence-corrected chi connectivity index (χ4v) is 4.42. The fraction of sp³-hybridized carbons (Fsp3) is 0.333. The molecule has 2 amide bonds. The average molecular weight is 419 g/mol. The van der Waals surface area contributed by atoms with Crippen molar-refractivity contribution in [1.82, 2.24) is 10.6 Å². The molecule has 0 spiro atoms. The van der Waals surface area contributed by atoms with Crippen LogP contribution < -0.4 is 10.6 Å². The van der Waals surface area contributed by atoms with Gasteiger partial charge in [0.1, 0.15) is 0 Å². The van der Waals surface area contributed by atoms with Crippen LogP contribution >= 0.6 is 23.4 Å². The quantitative estimate of drug-likeness (QED) is 0.705. The van der Waals surface area contributed by atoms with Gasteiger partial charge in [-0.15, -0.1) is 11.8 Å². The SMILES string of the molecule is O=C(NCc1ccc(Cl)cc1)C(=O)NCC1(Sc2ccccc2)CCOCC1. The number of amides is 2. The first kappa shape index (κ1) is 20.7. The lowest BCUT2D eigenvalue weighted by Gasteiger charge is -2.36. The number of benzene rings is 2. The van der Waals surface area contributed by atoms with Gasteiger partial charge < -0.3 is 15.4 Å². The monoisotopic (exact) mass is 418 g/mol. The van der Waals surface area contributed by atoms with Crippen LogP contribution in [0.15, 0.2) is 59.5 Å². The Balaban J connectivity index is 1.53. The topological polar surface area (TPSA) is 67.4 Å². The number of thioether (sulfide) groups is 1. The van der Waals surface area contributed by atoms with Crippen LogP contribution in [-0.4, -0.2) is 36.3 Å². The molecule has 0 bridgehead atoms. The first-order valence-electron chi connectivity index (χ1n) is 9.19. The number of hydrogen-bond acceptors (Lipinski definition) is 4. The van der Waals surface area contributed by atoms with Crippen molar-refractivity contribution in [3.05, 3.63) is 65.2 Å². The number of nitrogens with one attached hydrogen (secondary N) is 2. The molecule has 3 rings (SSSR count). The third-order valence-corrected chi connectivity index (χ3v) is 6.37. The highest BCUT2D eigenvalue weighted by molar-refractivity contribution is 8.00. The largest absolute Gasteiger partial charge is 0.381 e. The molecule has 0 unspecified atom stereocenters. The van der Waals surface area contributed by atoms with E-state index in [0.29, 0.717) is 24.8 Å². The number of rotatable bonds is 6. The lowest BCUT2D eigenvalue weighted by Crippen LogP contribution is -2.48. The number of halogens is 1. The van der Waals surface area contributed by atoms with Gasteiger partial charge in [0.25, 0.3) is 0 Å². The molecule has 1 saturated heterocycles. The molecule has 0 aromatic heterocycles. The van der Waals surface area contributed by atoms with Crippen LogP contribution in [0.1, 0.15) is 18.4 Å². The maximum atomic E-state index is 12.3. The van der Waals surface area contributed by atoms with Crippen LogP contribution in [0.4, 0.5) is 0 Å². The van der Waals surface area contributed by atoms with Crippen molar-refractivity contribution in [2.45, 2.75) is 29.0 Å². The van der Waals surface area contributed by atoms with Gasteiger partial charge in [0, 0.05) is 41.0 Å². The Labute approximate surface area is 174 Å². The van der Waals surface area contributed by atoms with Crippen molar-refractivity contribution in [3.63, 3.8) is 0 Å². The summed E-state index contributed by atoms with van der Waals surface area (Å²) in [5.74, 6) is -1.25. The molecule has 2 N–H and O–H groups in total. The molecule has 0 atom stereocenters. The second kappa shape index (κ2) is 9.96. The first-order chi connectivity index (χ1) is 13.6. The summed E-state index contributed by atoms with van der Waals surface area (Å²) in [6, 6.07) is 17.2. The minimum absolute atomic E-state index is 0.175. The standard InChI is InChI=1S/C21H23ClN2O3S/c22-17-8-6-16(7-9-17)14-23-19(25)20(26)24-15-21(10-12-27-13-11-21)28-18-4-2-1-3-5-18/h1-9H,10-15H2,(H,23,25)(H,24,26). The van der Waals surface area contributed by atoms with E-state index in [0.717, 1.165) is 23.3 Å². The third-order valence-electron chi connectivity index (χ3n) is 4.63. The zero-order valence-electron chi connectivity index (χ0n) is 15.4. The molecule has 1 aliphatic rings. The molecule has 1 aliphatic heterocycles. The molecule has 7 heteroatoms. The van der Waals surface area contributed by atoms with Crippen molar-refractivity contribution in [3.8, 4) is 0 Å². The maximum Gasteiger partial charge on any atom is 0.309 e. The minimum atomic E-state index is -0.637. The zero-order chi connectivity index (χ0) is 19.8. The van der Waals surface area contributed by atoms with Gasteiger partial charge in [-0.05, 0) is 42.7 Å². The molecule has 2 aromatic carbocycles. The second-order valence-electron chi connectivity index (χ2n) is 6.70. The predicted octanol–water partition coefficient (Wildman–Crippen LogP) is 3.41. The lowest BCUT2D eigenvalue weighted by molar-refractivity contribution is -0.139. The summed E-state index contributed by atoms with van der Waals surface area (Å²) in [6.07, 6.45) is 1.64. The first-order valence-corrected chi connectivity index (χ1v) is 10.4. The average Bonchev–Trinajstić information content (AvgIpc) is 2.73. The highest BCUT2D eigenvalue weighted by atomic mass is 35.5. The predicted molar refractivity (Wildman–Crippen MR) is 111 cm³/mol. The lowest BCUT2D eigenvalue weighted by atomic mass is 9.99. The summed E-state index contributed by atoms with van der Waals surface area (Å²) in [4.78, 5) is 25.6. The van der Waals surface area contributed by atoms with E-state index >= 15 is 0 Å².